The minimum atomic E-state index is -4.93. The van der Waals surface area contributed by atoms with Gasteiger partial charge in [0.15, 0.2) is 0 Å². The van der Waals surface area contributed by atoms with Crippen LogP contribution in [0.2, 0.25) is 0 Å². The number of hydrogen-bond acceptors (Lipinski definition) is 4. The average molecular weight is 407 g/mol. The fourth-order valence-electron chi connectivity index (χ4n) is 3.01. The minimum absolute atomic E-state index is 0.0641. The molecule has 7 heteroatoms. The van der Waals surface area contributed by atoms with Crippen molar-refractivity contribution < 1.29 is 27.4 Å². The van der Waals surface area contributed by atoms with Gasteiger partial charge in [-0.2, -0.15) is 13.2 Å². The van der Waals surface area contributed by atoms with Crippen molar-refractivity contribution in [2.45, 2.75) is 24.2 Å². The van der Waals surface area contributed by atoms with E-state index < -0.39 is 30.1 Å². The minimum Gasteiger partial charge on any atom is -0.460 e. The van der Waals surface area contributed by atoms with E-state index in [4.69, 9.17) is 9.47 Å². The molecule has 156 valence electrons. The van der Waals surface area contributed by atoms with Crippen molar-refractivity contribution >= 4 is 5.97 Å². The molecule has 4 nitrogen and oxygen atoms in total. The maximum absolute atomic E-state index is 14.4. The second-order valence-electron chi connectivity index (χ2n) is 6.52. The summed E-state index contributed by atoms with van der Waals surface area (Å²) in [5.41, 5.74) is -2.05. The Morgan fingerprint density at radius 3 is 2.21 bits per heavy atom. The van der Waals surface area contributed by atoms with Crippen molar-refractivity contribution in [1.29, 1.82) is 0 Å². The molecule has 0 aromatic heterocycles. The van der Waals surface area contributed by atoms with Crippen molar-refractivity contribution in [1.82, 2.24) is 5.32 Å². The van der Waals surface area contributed by atoms with Gasteiger partial charge in [-0.3, -0.25) is 5.32 Å². The van der Waals surface area contributed by atoms with Crippen LogP contribution in [0.4, 0.5) is 13.2 Å². The Kier molecular flexibility index (Phi) is 7.99. The molecule has 0 bridgehead atoms. The third-order valence-electron chi connectivity index (χ3n) is 4.43. The highest BCUT2D eigenvalue weighted by Crippen LogP contribution is 2.37. The molecule has 0 radical (unpaired) electrons. The first-order valence-corrected chi connectivity index (χ1v) is 9.04. The first kappa shape index (κ1) is 22.6. The van der Waals surface area contributed by atoms with Crippen LogP contribution in [-0.2, 0) is 20.7 Å². The summed E-state index contributed by atoms with van der Waals surface area (Å²) in [6, 6.07) is 15.7. The van der Waals surface area contributed by atoms with E-state index in [1.807, 2.05) is 0 Å². The lowest BCUT2D eigenvalue weighted by molar-refractivity contribution is -0.215. The molecule has 1 N–H and O–H groups in total. The standard InChI is InChI=1S/C22H24F3NO3/c1-3-14-29-20(27)21(22(23,24)25,15-17-10-6-4-7-11-17)26-19(16-28-2)18-12-8-5-9-13-18/h3-13,19,26H,1,14-16H2,2H3/t19-,21-/m0/s1. The molecule has 0 amide bonds. The van der Waals surface area contributed by atoms with Gasteiger partial charge >= 0.3 is 12.1 Å². The van der Waals surface area contributed by atoms with E-state index in [2.05, 4.69) is 11.9 Å². The molecule has 2 rings (SSSR count). The van der Waals surface area contributed by atoms with Crippen LogP contribution in [0.5, 0.6) is 0 Å². The second kappa shape index (κ2) is 10.2. The smallest absolute Gasteiger partial charge is 0.417 e. The van der Waals surface area contributed by atoms with E-state index in [1.165, 1.54) is 25.3 Å². The third-order valence-corrected chi connectivity index (χ3v) is 4.43. The predicted molar refractivity (Wildman–Crippen MR) is 104 cm³/mol. The second-order valence-corrected chi connectivity index (χ2v) is 6.52. The highest BCUT2D eigenvalue weighted by molar-refractivity contribution is 5.83. The fourth-order valence-corrected chi connectivity index (χ4v) is 3.01. The van der Waals surface area contributed by atoms with Gasteiger partial charge in [0.25, 0.3) is 0 Å². The van der Waals surface area contributed by atoms with Crippen LogP contribution in [-0.4, -0.2) is 38.0 Å². The van der Waals surface area contributed by atoms with Crippen LogP contribution in [0.3, 0.4) is 0 Å². The first-order chi connectivity index (χ1) is 13.8. The van der Waals surface area contributed by atoms with E-state index in [0.29, 0.717) is 11.1 Å². The van der Waals surface area contributed by atoms with E-state index in [0.717, 1.165) is 0 Å². The number of alkyl halides is 3. The normalized spacial score (nSPS) is 14.6. The van der Waals surface area contributed by atoms with Crippen LogP contribution in [0.1, 0.15) is 17.2 Å². The van der Waals surface area contributed by atoms with E-state index in [9.17, 15) is 18.0 Å². The van der Waals surface area contributed by atoms with Gasteiger partial charge in [0.05, 0.1) is 12.6 Å². The molecule has 0 aliphatic carbocycles. The lowest BCUT2D eigenvalue weighted by Gasteiger charge is -2.37. The molecule has 0 spiro atoms. The molecular formula is C22H24F3NO3. The van der Waals surface area contributed by atoms with Crippen LogP contribution in [0.15, 0.2) is 73.3 Å². The first-order valence-electron chi connectivity index (χ1n) is 9.04. The Bertz CT molecular complexity index is 781. The van der Waals surface area contributed by atoms with Crippen molar-refractivity contribution in [3.05, 3.63) is 84.4 Å². The summed E-state index contributed by atoms with van der Waals surface area (Å²) in [7, 11) is 1.39. The van der Waals surface area contributed by atoms with E-state index in [-0.39, 0.29) is 13.2 Å². The molecule has 0 saturated heterocycles. The Balaban J connectivity index is 2.52. The lowest BCUT2D eigenvalue weighted by Crippen LogP contribution is -2.65. The highest BCUT2D eigenvalue weighted by Gasteiger charge is 2.62. The van der Waals surface area contributed by atoms with Crippen molar-refractivity contribution in [3.63, 3.8) is 0 Å². The number of ether oxygens (including phenoxy) is 2. The van der Waals surface area contributed by atoms with E-state index in [1.54, 1.807) is 48.5 Å². The Morgan fingerprint density at radius 2 is 1.69 bits per heavy atom. The monoisotopic (exact) mass is 407 g/mol. The quantitative estimate of drug-likeness (QED) is 0.473. The zero-order valence-electron chi connectivity index (χ0n) is 16.1. The van der Waals surface area contributed by atoms with Crippen molar-refractivity contribution in [2.75, 3.05) is 20.3 Å². The summed E-state index contributed by atoms with van der Waals surface area (Å²) in [4.78, 5) is 12.8. The van der Waals surface area contributed by atoms with Gasteiger partial charge < -0.3 is 9.47 Å². The number of benzene rings is 2. The highest BCUT2D eigenvalue weighted by atomic mass is 19.4. The van der Waals surface area contributed by atoms with Gasteiger partial charge in [0.2, 0.25) is 5.54 Å². The van der Waals surface area contributed by atoms with Gasteiger partial charge in [0.1, 0.15) is 6.61 Å². The zero-order valence-corrected chi connectivity index (χ0v) is 16.1. The van der Waals surface area contributed by atoms with Crippen molar-refractivity contribution in [3.8, 4) is 0 Å². The molecule has 2 aromatic rings. The third kappa shape index (κ3) is 5.68. The molecule has 0 saturated carbocycles. The summed E-state index contributed by atoms with van der Waals surface area (Å²) < 4.78 is 53.3. The molecule has 0 aliphatic rings. The summed E-state index contributed by atoms with van der Waals surface area (Å²) in [6.45, 7) is 3.01. The average Bonchev–Trinajstić information content (AvgIpc) is 2.71. The Labute approximate surface area is 168 Å². The molecule has 0 unspecified atom stereocenters. The van der Waals surface area contributed by atoms with Gasteiger partial charge in [-0.25, -0.2) is 4.79 Å². The van der Waals surface area contributed by atoms with Gasteiger partial charge in [-0.05, 0) is 11.1 Å². The topological polar surface area (TPSA) is 47.6 Å². The number of methoxy groups -OCH3 is 1. The number of carbonyl (C=O) groups excluding carboxylic acids is 1. The largest absolute Gasteiger partial charge is 0.460 e. The zero-order chi connectivity index (χ0) is 21.3. The molecule has 29 heavy (non-hydrogen) atoms. The Morgan fingerprint density at radius 1 is 1.10 bits per heavy atom. The summed E-state index contributed by atoms with van der Waals surface area (Å²) >= 11 is 0. The number of nitrogens with one attached hydrogen (secondary N) is 1. The fraction of sp³-hybridized carbons (Fsp3) is 0.318. The number of rotatable bonds is 10. The molecule has 0 fully saturated rings. The molecule has 2 atom stereocenters. The number of halogens is 3. The number of esters is 1. The van der Waals surface area contributed by atoms with Gasteiger partial charge in [-0.15, -0.1) is 0 Å². The number of hydrogen-bond donors (Lipinski definition) is 1. The van der Waals surface area contributed by atoms with Crippen LogP contribution < -0.4 is 5.32 Å². The number of carbonyl (C=O) groups is 1. The lowest BCUT2D eigenvalue weighted by atomic mass is 9.88. The maximum atomic E-state index is 14.4. The molecule has 2 aromatic carbocycles. The maximum Gasteiger partial charge on any atom is 0.417 e. The summed E-state index contributed by atoms with van der Waals surface area (Å²) in [5.74, 6) is -1.41. The predicted octanol–water partition coefficient (Wildman–Crippen LogP) is 4.24. The summed E-state index contributed by atoms with van der Waals surface area (Å²) in [6.07, 6.45) is -4.33. The van der Waals surface area contributed by atoms with Gasteiger partial charge in [-0.1, -0.05) is 73.3 Å². The summed E-state index contributed by atoms with van der Waals surface area (Å²) in [5, 5.41) is 2.52. The van der Waals surface area contributed by atoms with Crippen LogP contribution >= 0.6 is 0 Å². The van der Waals surface area contributed by atoms with Crippen LogP contribution in [0.25, 0.3) is 0 Å². The van der Waals surface area contributed by atoms with E-state index >= 15 is 0 Å². The molecule has 0 aliphatic heterocycles. The Hall–Kier alpha value is -2.64. The van der Waals surface area contributed by atoms with Crippen molar-refractivity contribution in [2.24, 2.45) is 0 Å². The molecule has 0 heterocycles. The van der Waals surface area contributed by atoms with Gasteiger partial charge in [0, 0.05) is 13.5 Å². The molecular weight excluding hydrogens is 383 g/mol. The SMILES string of the molecule is C=CCOC(=O)[C@](Cc1ccccc1)(N[C@@H](COC)c1ccccc1)C(F)(F)F. The van der Waals surface area contributed by atoms with Crippen LogP contribution in [0, 0.1) is 0 Å².